The lowest BCUT2D eigenvalue weighted by molar-refractivity contribution is -0.163. The molecular weight excluding hydrogens is 428 g/mol. The number of nitrogens with two attached hydrogens (primary N) is 1. The molecule has 1 fully saturated rings. The summed E-state index contributed by atoms with van der Waals surface area (Å²) in [6.45, 7) is 0.904. The van der Waals surface area contributed by atoms with Gasteiger partial charge in [-0.3, -0.25) is 4.79 Å². The second-order valence-corrected chi connectivity index (χ2v) is 7.44. The molecule has 1 unspecified atom stereocenters. The average Bonchev–Trinajstić information content (AvgIpc) is 2.83. The van der Waals surface area contributed by atoms with E-state index in [2.05, 4.69) is 0 Å². The van der Waals surface area contributed by atoms with Crippen molar-refractivity contribution in [1.82, 2.24) is 4.90 Å². The zero-order valence-corrected chi connectivity index (χ0v) is 18.2. The Morgan fingerprint density at radius 2 is 1.47 bits per heavy atom. The maximum atomic E-state index is 12.9. The second-order valence-electron chi connectivity index (χ2n) is 7.44. The zero-order chi connectivity index (χ0) is 21.6. The fraction of sp³-hybridized carbons (Fsp3) is 0.200. The monoisotopic (exact) mass is 452 g/mol. The molecule has 1 amide bonds. The van der Waals surface area contributed by atoms with Crippen LogP contribution in [-0.2, 0) is 27.5 Å². The predicted molar refractivity (Wildman–Crippen MR) is 123 cm³/mol. The van der Waals surface area contributed by atoms with Gasteiger partial charge in [0, 0.05) is 6.54 Å². The normalized spacial score (nSPS) is 15.8. The third-order valence-electron chi connectivity index (χ3n) is 5.20. The van der Waals surface area contributed by atoms with E-state index in [0.29, 0.717) is 24.5 Å². The number of benzene rings is 3. The Labute approximate surface area is 193 Å². The summed E-state index contributed by atoms with van der Waals surface area (Å²) in [5.74, 6) is -0.0660. The van der Waals surface area contributed by atoms with Gasteiger partial charge in [0.25, 0.3) is 0 Å². The van der Waals surface area contributed by atoms with E-state index in [1.54, 1.807) is 24.3 Å². The van der Waals surface area contributed by atoms with Crippen LogP contribution in [-0.4, -0.2) is 29.4 Å². The molecule has 0 aromatic heterocycles. The van der Waals surface area contributed by atoms with E-state index in [9.17, 15) is 9.59 Å². The maximum absolute atomic E-state index is 12.9. The van der Waals surface area contributed by atoms with E-state index in [4.69, 9.17) is 15.2 Å². The van der Waals surface area contributed by atoms with Crippen LogP contribution < -0.4 is 10.5 Å². The van der Waals surface area contributed by atoms with Gasteiger partial charge in [-0.15, -0.1) is 12.4 Å². The van der Waals surface area contributed by atoms with Crippen molar-refractivity contribution in [3.63, 3.8) is 0 Å². The van der Waals surface area contributed by atoms with Crippen molar-refractivity contribution >= 4 is 24.3 Å². The molecule has 7 heteroatoms. The van der Waals surface area contributed by atoms with Gasteiger partial charge < -0.3 is 20.1 Å². The molecule has 1 aliphatic rings. The number of hydrogen-bond donors (Lipinski definition) is 1. The average molecular weight is 453 g/mol. The fourth-order valence-electron chi connectivity index (χ4n) is 3.45. The molecule has 1 aliphatic heterocycles. The molecule has 4 rings (SSSR count). The van der Waals surface area contributed by atoms with Crippen molar-refractivity contribution in [1.29, 1.82) is 0 Å². The van der Waals surface area contributed by atoms with E-state index in [-0.39, 0.29) is 24.9 Å². The van der Waals surface area contributed by atoms with Crippen LogP contribution in [0.25, 0.3) is 0 Å². The Hall–Kier alpha value is -3.35. The predicted octanol–water partition coefficient (Wildman–Crippen LogP) is 3.64. The smallest absolute Gasteiger partial charge is 0.333 e. The van der Waals surface area contributed by atoms with Crippen LogP contribution in [0, 0.1) is 0 Å². The Bertz CT molecular complexity index is 1030. The molecule has 3 aromatic carbocycles. The third-order valence-corrected chi connectivity index (χ3v) is 5.20. The van der Waals surface area contributed by atoms with Crippen LogP contribution in [0.3, 0.4) is 0 Å². The molecule has 1 saturated heterocycles. The number of hydrogen-bond acceptors (Lipinski definition) is 5. The maximum Gasteiger partial charge on any atom is 0.333 e. The first-order chi connectivity index (χ1) is 15.1. The van der Waals surface area contributed by atoms with E-state index >= 15 is 0 Å². The number of amides is 1. The molecule has 0 bridgehead atoms. The Balaban J connectivity index is 0.00000289. The summed E-state index contributed by atoms with van der Waals surface area (Å²) < 4.78 is 11.3. The first-order valence-corrected chi connectivity index (χ1v) is 10.1. The van der Waals surface area contributed by atoms with Crippen LogP contribution in [0.1, 0.15) is 22.7 Å². The molecule has 166 valence electrons. The number of likely N-dealkylation sites (tertiary alicyclic amines) is 1. The topological polar surface area (TPSA) is 81.9 Å². The molecule has 3 aromatic rings. The summed E-state index contributed by atoms with van der Waals surface area (Å²) in [6.07, 6.45) is 0. The van der Waals surface area contributed by atoms with Gasteiger partial charge >= 0.3 is 5.97 Å². The third kappa shape index (κ3) is 5.46. The summed E-state index contributed by atoms with van der Waals surface area (Å²) in [7, 11) is 0. The SMILES string of the molecule is Cl.N[C@H]1CN(C(C(=O)OCc2ccccc2)c2ccc(OCc3ccccc3)cc2)C1=O. The summed E-state index contributed by atoms with van der Waals surface area (Å²) in [5.41, 5.74) is 8.35. The van der Waals surface area contributed by atoms with Gasteiger partial charge in [-0.25, -0.2) is 4.79 Å². The lowest BCUT2D eigenvalue weighted by Gasteiger charge is -2.40. The molecular formula is C25H25ClN2O4. The van der Waals surface area contributed by atoms with E-state index in [1.807, 2.05) is 60.7 Å². The number of halogens is 1. The number of carbonyl (C=O) groups excluding carboxylic acids is 2. The summed E-state index contributed by atoms with van der Waals surface area (Å²) in [6, 6.07) is 25.0. The first kappa shape index (κ1) is 23.3. The van der Waals surface area contributed by atoms with Crippen molar-refractivity contribution in [2.75, 3.05) is 6.54 Å². The highest BCUT2D eigenvalue weighted by Crippen LogP contribution is 2.29. The minimum atomic E-state index is -0.834. The summed E-state index contributed by atoms with van der Waals surface area (Å²) in [5, 5.41) is 0. The van der Waals surface area contributed by atoms with Gasteiger partial charge in [-0.2, -0.15) is 0 Å². The van der Waals surface area contributed by atoms with Crippen molar-refractivity contribution in [3.05, 3.63) is 102 Å². The number of β-lactam (4-membered cyclic amide) rings is 1. The highest BCUT2D eigenvalue weighted by molar-refractivity contribution is 5.92. The van der Waals surface area contributed by atoms with Crippen molar-refractivity contribution in [2.24, 2.45) is 5.73 Å². The Kier molecular flexibility index (Phi) is 7.87. The number of rotatable bonds is 8. The van der Waals surface area contributed by atoms with Gasteiger partial charge in [0.05, 0.1) is 0 Å². The van der Waals surface area contributed by atoms with Crippen molar-refractivity contribution in [3.8, 4) is 5.75 Å². The number of esters is 1. The van der Waals surface area contributed by atoms with E-state index in [0.717, 1.165) is 11.1 Å². The van der Waals surface area contributed by atoms with Crippen LogP contribution in [0.4, 0.5) is 0 Å². The highest BCUT2D eigenvalue weighted by Gasteiger charge is 2.43. The van der Waals surface area contributed by atoms with E-state index in [1.165, 1.54) is 4.90 Å². The lowest BCUT2D eigenvalue weighted by Crippen LogP contribution is -2.62. The van der Waals surface area contributed by atoms with Crippen molar-refractivity contribution < 1.29 is 19.1 Å². The van der Waals surface area contributed by atoms with Crippen molar-refractivity contribution in [2.45, 2.75) is 25.3 Å². The zero-order valence-electron chi connectivity index (χ0n) is 17.4. The van der Waals surface area contributed by atoms with Crippen LogP contribution in [0.5, 0.6) is 5.75 Å². The van der Waals surface area contributed by atoms with Gasteiger partial charge in [0.1, 0.15) is 25.0 Å². The molecule has 2 N–H and O–H groups in total. The summed E-state index contributed by atoms with van der Waals surface area (Å²) in [4.78, 5) is 26.6. The number of carbonyl (C=O) groups is 2. The molecule has 6 nitrogen and oxygen atoms in total. The molecule has 0 aliphatic carbocycles. The molecule has 0 saturated carbocycles. The number of ether oxygens (including phenoxy) is 2. The fourth-order valence-corrected chi connectivity index (χ4v) is 3.45. The van der Waals surface area contributed by atoms with Gasteiger partial charge in [-0.1, -0.05) is 72.8 Å². The van der Waals surface area contributed by atoms with Crippen LogP contribution in [0.15, 0.2) is 84.9 Å². The van der Waals surface area contributed by atoms with Gasteiger partial charge in [0.15, 0.2) is 6.04 Å². The Morgan fingerprint density at radius 3 is 2.00 bits per heavy atom. The molecule has 2 atom stereocenters. The largest absolute Gasteiger partial charge is 0.489 e. The molecule has 0 radical (unpaired) electrons. The molecule has 32 heavy (non-hydrogen) atoms. The quantitative estimate of drug-likeness (QED) is 0.417. The second kappa shape index (κ2) is 10.8. The minimum absolute atomic E-state index is 0. The summed E-state index contributed by atoms with van der Waals surface area (Å²) >= 11 is 0. The minimum Gasteiger partial charge on any atom is -0.489 e. The van der Waals surface area contributed by atoms with Crippen LogP contribution in [0.2, 0.25) is 0 Å². The van der Waals surface area contributed by atoms with Gasteiger partial charge in [0.2, 0.25) is 5.91 Å². The lowest BCUT2D eigenvalue weighted by atomic mass is 9.98. The Morgan fingerprint density at radius 1 is 0.906 bits per heavy atom. The molecule has 0 spiro atoms. The standard InChI is InChI=1S/C25H24N2O4.ClH/c26-22-15-27(24(22)28)23(25(29)31-17-19-9-5-2-6-10-19)20-11-13-21(14-12-20)30-16-18-7-3-1-4-8-18;/h1-14,22-23H,15-17,26H2;1H/t22-,23?;/m0./s1. The highest BCUT2D eigenvalue weighted by atomic mass is 35.5. The number of nitrogens with zero attached hydrogens (tertiary/aromatic N) is 1. The first-order valence-electron chi connectivity index (χ1n) is 10.1. The van der Waals surface area contributed by atoms with Crippen LogP contribution >= 0.6 is 12.4 Å². The molecule has 1 heterocycles. The van der Waals surface area contributed by atoms with Gasteiger partial charge in [-0.05, 0) is 28.8 Å². The van der Waals surface area contributed by atoms with E-state index < -0.39 is 18.1 Å².